The quantitative estimate of drug-likeness (QED) is 0.345. The zero-order chi connectivity index (χ0) is 12.1. The van der Waals surface area contributed by atoms with E-state index in [9.17, 15) is 0 Å². The highest BCUT2D eigenvalue weighted by Crippen LogP contribution is 2.15. The molecule has 17 heavy (non-hydrogen) atoms. The second-order valence-corrected chi connectivity index (χ2v) is 4.13. The molecule has 0 aromatic carbocycles. The summed E-state index contributed by atoms with van der Waals surface area (Å²) in [6.45, 7) is 1.94. The van der Waals surface area contributed by atoms with E-state index in [2.05, 4.69) is 20.0 Å². The van der Waals surface area contributed by atoms with Gasteiger partial charge in [0.2, 0.25) is 5.95 Å². The van der Waals surface area contributed by atoms with Crippen molar-refractivity contribution in [3.05, 3.63) is 18.0 Å². The van der Waals surface area contributed by atoms with Crippen molar-refractivity contribution in [2.75, 3.05) is 18.0 Å². The van der Waals surface area contributed by atoms with Crippen molar-refractivity contribution in [1.29, 1.82) is 0 Å². The summed E-state index contributed by atoms with van der Waals surface area (Å²) in [7, 11) is 0. The molecule has 0 unspecified atom stereocenters. The highest BCUT2D eigenvalue weighted by atomic mass is 16.4. The number of oxime groups is 1. The Morgan fingerprint density at radius 1 is 1.29 bits per heavy atom. The van der Waals surface area contributed by atoms with Gasteiger partial charge in [0.15, 0.2) is 5.84 Å². The summed E-state index contributed by atoms with van der Waals surface area (Å²) in [6.07, 6.45) is 6.49. The second-order valence-electron chi connectivity index (χ2n) is 4.13. The van der Waals surface area contributed by atoms with Gasteiger partial charge in [-0.2, -0.15) is 0 Å². The first kappa shape index (κ1) is 11.6. The summed E-state index contributed by atoms with van der Waals surface area (Å²) in [5.74, 6) is 0.680. The fraction of sp³-hybridized carbons (Fsp3) is 0.545. The maximum atomic E-state index is 8.62. The lowest BCUT2D eigenvalue weighted by Crippen LogP contribution is -2.27. The van der Waals surface area contributed by atoms with Crippen LogP contribution in [-0.2, 0) is 0 Å². The average molecular weight is 235 g/mol. The first-order valence-corrected chi connectivity index (χ1v) is 5.87. The smallest absolute Gasteiger partial charge is 0.225 e. The maximum Gasteiger partial charge on any atom is 0.225 e. The number of hydrogen-bond donors (Lipinski definition) is 2. The number of amidine groups is 1. The molecule has 0 aliphatic carbocycles. The van der Waals surface area contributed by atoms with Crippen molar-refractivity contribution in [1.82, 2.24) is 9.97 Å². The Morgan fingerprint density at radius 2 is 2.00 bits per heavy atom. The van der Waals surface area contributed by atoms with E-state index in [4.69, 9.17) is 10.9 Å². The molecule has 3 N–H and O–H groups in total. The molecule has 1 aromatic rings. The molecule has 1 aromatic heterocycles. The van der Waals surface area contributed by atoms with Crippen LogP contribution in [0, 0.1) is 0 Å². The maximum absolute atomic E-state index is 8.62. The van der Waals surface area contributed by atoms with E-state index in [0.29, 0.717) is 11.6 Å². The topological polar surface area (TPSA) is 87.6 Å². The molecule has 6 heteroatoms. The van der Waals surface area contributed by atoms with Gasteiger partial charge >= 0.3 is 0 Å². The Balaban J connectivity index is 2.19. The first-order valence-electron chi connectivity index (χ1n) is 5.87. The Labute approximate surface area is 100 Å². The van der Waals surface area contributed by atoms with Crippen LogP contribution in [0.25, 0.3) is 0 Å². The fourth-order valence-corrected chi connectivity index (χ4v) is 1.97. The number of nitrogens with zero attached hydrogens (tertiary/aromatic N) is 4. The molecule has 2 rings (SSSR count). The van der Waals surface area contributed by atoms with Gasteiger partial charge in [-0.25, -0.2) is 9.97 Å². The van der Waals surface area contributed by atoms with Crippen molar-refractivity contribution in [3.63, 3.8) is 0 Å². The molecule has 0 radical (unpaired) electrons. The van der Waals surface area contributed by atoms with Gasteiger partial charge in [0.05, 0.1) is 0 Å². The molecule has 0 spiro atoms. The Hall–Kier alpha value is -1.85. The lowest BCUT2D eigenvalue weighted by molar-refractivity contribution is 0.318. The first-order chi connectivity index (χ1) is 8.31. The summed E-state index contributed by atoms with van der Waals surface area (Å²) in [5.41, 5.74) is 5.97. The molecule has 1 aliphatic heterocycles. The van der Waals surface area contributed by atoms with Crippen LogP contribution >= 0.6 is 0 Å². The van der Waals surface area contributed by atoms with E-state index in [-0.39, 0.29) is 5.84 Å². The molecule has 1 saturated heterocycles. The van der Waals surface area contributed by atoms with Crippen LogP contribution < -0.4 is 10.6 Å². The van der Waals surface area contributed by atoms with E-state index in [1.807, 2.05) is 0 Å². The highest BCUT2D eigenvalue weighted by Gasteiger charge is 2.13. The van der Waals surface area contributed by atoms with Gasteiger partial charge in [0.25, 0.3) is 0 Å². The summed E-state index contributed by atoms with van der Waals surface area (Å²) < 4.78 is 0. The van der Waals surface area contributed by atoms with Crippen molar-refractivity contribution in [3.8, 4) is 0 Å². The minimum Gasteiger partial charge on any atom is -0.409 e. The van der Waals surface area contributed by atoms with Crippen LogP contribution in [0.5, 0.6) is 0 Å². The Morgan fingerprint density at radius 3 is 2.65 bits per heavy atom. The molecular formula is C11H17N5O. The molecule has 2 heterocycles. The molecule has 0 bridgehead atoms. The largest absolute Gasteiger partial charge is 0.409 e. The number of nitrogens with two attached hydrogens (primary N) is 1. The molecule has 0 amide bonds. The number of anilines is 1. The van der Waals surface area contributed by atoms with Crippen LogP contribution in [0.4, 0.5) is 5.95 Å². The van der Waals surface area contributed by atoms with Crippen LogP contribution in [0.2, 0.25) is 0 Å². The number of hydrogen-bond acceptors (Lipinski definition) is 5. The van der Waals surface area contributed by atoms with Crippen LogP contribution in [0.3, 0.4) is 0 Å². The minimum atomic E-state index is 0.0171. The van der Waals surface area contributed by atoms with Crippen molar-refractivity contribution < 1.29 is 5.21 Å². The summed E-state index contributed by atoms with van der Waals surface area (Å²) in [5, 5.41) is 11.6. The van der Waals surface area contributed by atoms with E-state index < -0.39 is 0 Å². The van der Waals surface area contributed by atoms with Gasteiger partial charge in [-0.3, -0.25) is 0 Å². The van der Waals surface area contributed by atoms with Gasteiger partial charge in [-0.05, 0) is 18.9 Å². The third-order valence-corrected chi connectivity index (χ3v) is 2.90. The zero-order valence-electron chi connectivity index (χ0n) is 9.71. The van der Waals surface area contributed by atoms with Crippen LogP contribution in [0.1, 0.15) is 31.4 Å². The Kier molecular flexibility index (Phi) is 3.74. The van der Waals surface area contributed by atoms with Gasteiger partial charge in [0, 0.05) is 19.3 Å². The number of aromatic nitrogens is 2. The van der Waals surface area contributed by atoms with E-state index in [0.717, 1.165) is 25.9 Å². The van der Waals surface area contributed by atoms with E-state index in [1.54, 1.807) is 12.3 Å². The molecule has 1 fully saturated rings. The predicted molar refractivity (Wildman–Crippen MR) is 65.2 cm³/mol. The van der Waals surface area contributed by atoms with Crippen molar-refractivity contribution in [2.45, 2.75) is 25.7 Å². The second kappa shape index (κ2) is 5.47. The van der Waals surface area contributed by atoms with Crippen molar-refractivity contribution >= 4 is 11.8 Å². The van der Waals surface area contributed by atoms with E-state index >= 15 is 0 Å². The molecule has 0 atom stereocenters. The lowest BCUT2D eigenvalue weighted by atomic mass is 10.2. The normalized spacial score (nSPS) is 17.9. The summed E-state index contributed by atoms with van der Waals surface area (Å²) in [4.78, 5) is 10.7. The third-order valence-electron chi connectivity index (χ3n) is 2.90. The molecule has 0 saturated carbocycles. The SMILES string of the molecule is N/C(=N/O)c1ccnc(N2CCCCCC2)n1. The number of rotatable bonds is 2. The van der Waals surface area contributed by atoms with Gasteiger partial charge in [0.1, 0.15) is 5.69 Å². The summed E-state index contributed by atoms with van der Waals surface area (Å²) in [6, 6.07) is 1.64. The molecule has 92 valence electrons. The van der Waals surface area contributed by atoms with Gasteiger partial charge in [-0.1, -0.05) is 18.0 Å². The van der Waals surface area contributed by atoms with Crippen molar-refractivity contribution in [2.24, 2.45) is 10.9 Å². The summed E-state index contributed by atoms with van der Waals surface area (Å²) >= 11 is 0. The van der Waals surface area contributed by atoms with Crippen LogP contribution in [-0.4, -0.2) is 34.1 Å². The third kappa shape index (κ3) is 2.83. The van der Waals surface area contributed by atoms with Gasteiger partial charge in [-0.15, -0.1) is 0 Å². The molecule has 1 aliphatic rings. The fourth-order valence-electron chi connectivity index (χ4n) is 1.97. The zero-order valence-corrected chi connectivity index (χ0v) is 9.71. The monoisotopic (exact) mass is 235 g/mol. The average Bonchev–Trinajstić information content (AvgIpc) is 2.67. The highest BCUT2D eigenvalue weighted by molar-refractivity contribution is 5.95. The van der Waals surface area contributed by atoms with E-state index in [1.165, 1.54) is 12.8 Å². The predicted octanol–water partition coefficient (Wildman–Crippen LogP) is 0.951. The lowest BCUT2D eigenvalue weighted by Gasteiger charge is -2.20. The molecular weight excluding hydrogens is 218 g/mol. The molecule has 6 nitrogen and oxygen atoms in total. The van der Waals surface area contributed by atoms with Crippen LogP contribution in [0.15, 0.2) is 17.4 Å². The van der Waals surface area contributed by atoms with Gasteiger partial charge < -0.3 is 15.8 Å². The minimum absolute atomic E-state index is 0.0171. The standard InChI is InChI=1S/C11H17N5O/c12-10(15-17)9-5-6-13-11(14-9)16-7-3-1-2-4-8-16/h5-6,17H,1-4,7-8H2,(H2,12,15). The Bertz CT molecular complexity index is 399.